The average Bonchev–Trinajstić information content (AvgIpc) is 2.76. The zero-order chi connectivity index (χ0) is 22.4. The van der Waals surface area contributed by atoms with Gasteiger partial charge in [0, 0.05) is 31.4 Å². The molecule has 0 aliphatic carbocycles. The van der Waals surface area contributed by atoms with Gasteiger partial charge in [0.05, 0.1) is 18.4 Å². The van der Waals surface area contributed by atoms with Crippen LogP contribution in [0.15, 0.2) is 71.9 Å². The van der Waals surface area contributed by atoms with Crippen LogP contribution in [-0.2, 0) is 16.6 Å². The Kier molecular flexibility index (Phi) is 6.86. The van der Waals surface area contributed by atoms with Crippen molar-refractivity contribution in [2.75, 3.05) is 18.4 Å². The number of aromatic nitrogens is 1. The van der Waals surface area contributed by atoms with Gasteiger partial charge in [-0.05, 0) is 25.1 Å². The lowest BCUT2D eigenvalue weighted by Gasteiger charge is -2.20. The van der Waals surface area contributed by atoms with Gasteiger partial charge in [0.15, 0.2) is 0 Å². The average molecular weight is 444 g/mol. The molecule has 0 radical (unpaired) electrons. The van der Waals surface area contributed by atoms with Gasteiger partial charge in [-0.15, -0.1) is 0 Å². The SMILES string of the molecule is CCOc1ccncc1NS(=O)(=O)c1ccccc1C(=O)N(C)Cc1ccccc1F. The number of benzene rings is 2. The Balaban J connectivity index is 1.90. The summed E-state index contributed by atoms with van der Waals surface area (Å²) in [6, 6.07) is 13.5. The quantitative estimate of drug-likeness (QED) is 0.574. The van der Waals surface area contributed by atoms with Gasteiger partial charge in [0.2, 0.25) is 0 Å². The fourth-order valence-electron chi connectivity index (χ4n) is 2.98. The summed E-state index contributed by atoms with van der Waals surface area (Å²) < 4.78 is 48.0. The summed E-state index contributed by atoms with van der Waals surface area (Å²) in [6.45, 7) is 2.11. The Morgan fingerprint density at radius 2 is 1.84 bits per heavy atom. The molecular formula is C22H22FN3O4S. The summed E-state index contributed by atoms with van der Waals surface area (Å²) in [5, 5.41) is 0. The maximum Gasteiger partial charge on any atom is 0.262 e. The highest BCUT2D eigenvalue weighted by molar-refractivity contribution is 7.92. The molecule has 0 spiro atoms. The summed E-state index contributed by atoms with van der Waals surface area (Å²) >= 11 is 0. The minimum atomic E-state index is -4.14. The Labute approximate surface area is 180 Å². The Morgan fingerprint density at radius 3 is 2.58 bits per heavy atom. The minimum Gasteiger partial charge on any atom is -0.492 e. The lowest BCUT2D eigenvalue weighted by molar-refractivity contribution is 0.0780. The van der Waals surface area contributed by atoms with E-state index in [2.05, 4.69) is 9.71 Å². The van der Waals surface area contributed by atoms with Gasteiger partial charge in [-0.2, -0.15) is 0 Å². The van der Waals surface area contributed by atoms with Crippen molar-refractivity contribution in [1.29, 1.82) is 0 Å². The van der Waals surface area contributed by atoms with E-state index in [0.717, 1.165) is 0 Å². The van der Waals surface area contributed by atoms with Crippen LogP contribution in [0.1, 0.15) is 22.8 Å². The van der Waals surface area contributed by atoms with Gasteiger partial charge in [-0.25, -0.2) is 12.8 Å². The number of hydrogen-bond acceptors (Lipinski definition) is 5. The molecule has 1 aromatic heterocycles. The van der Waals surface area contributed by atoms with Crippen molar-refractivity contribution in [2.24, 2.45) is 0 Å². The van der Waals surface area contributed by atoms with Crippen LogP contribution in [0.3, 0.4) is 0 Å². The number of carbonyl (C=O) groups is 1. The van der Waals surface area contributed by atoms with Gasteiger partial charge in [0.1, 0.15) is 22.1 Å². The normalized spacial score (nSPS) is 11.1. The number of ether oxygens (including phenoxy) is 1. The van der Waals surface area contributed by atoms with Gasteiger partial charge in [0.25, 0.3) is 15.9 Å². The topological polar surface area (TPSA) is 88.6 Å². The second kappa shape index (κ2) is 9.57. The number of carbonyl (C=O) groups excluding carboxylic acids is 1. The van der Waals surface area contributed by atoms with Crippen LogP contribution in [0.2, 0.25) is 0 Å². The zero-order valence-electron chi connectivity index (χ0n) is 17.1. The largest absolute Gasteiger partial charge is 0.492 e. The molecule has 7 nitrogen and oxygen atoms in total. The van der Waals surface area contributed by atoms with Crippen LogP contribution in [0.25, 0.3) is 0 Å². The molecule has 1 amide bonds. The lowest BCUT2D eigenvalue weighted by atomic mass is 10.1. The second-order valence-electron chi connectivity index (χ2n) is 6.66. The second-order valence-corrected chi connectivity index (χ2v) is 8.31. The van der Waals surface area contributed by atoms with Crippen LogP contribution < -0.4 is 9.46 Å². The summed E-state index contributed by atoms with van der Waals surface area (Å²) in [5.74, 6) is -0.674. The smallest absolute Gasteiger partial charge is 0.262 e. The van der Waals surface area contributed by atoms with Gasteiger partial charge >= 0.3 is 0 Å². The third kappa shape index (κ3) is 5.18. The fourth-order valence-corrected chi connectivity index (χ4v) is 4.23. The number of nitrogens with zero attached hydrogens (tertiary/aromatic N) is 2. The summed E-state index contributed by atoms with van der Waals surface area (Å²) in [4.78, 5) is 18.0. The van der Waals surface area contributed by atoms with Gasteiger partial charge in [-0.3, -0.25) is 14.5 Å². The summed E-state index contributed by atoms with van der Waals surface area (Å²) in [7, 11) is -2.65. The molecule has 3 rings (SSSR count). The van der Waals surface area contributed by atoms with Crippen LogP contribution >= 0.6 is 0 Å². The van der Waals surface area contributed by atoms with Crippen molar-refractivity contribution in [2.45, 2.75) is 18.4 Å². The molecule has 0 fully saturated rings. The van der Waals surface area contributed by atoms with Crippen molar-refractivity contribution in [3.63, 3.8) is 0 Å². The molecule has 0 bridgehead atoms. The van der Waals surface area contributed by atoms with Crippen molar-refractivity contribution in [3.8, 4) is 5.75 Å². The molecule has 2 aromatic carbocycles. The lowest BCUT2D eigenvalue weighted by Crippen LogP contribution is -2.29. The number of nitrogens with one attached hydrogen (secondary N) is 1. The molecule has 162 valence electrons. The maximum atomic E-state index is 14.0. The number of halogens is 1. The fraction of sp³-hybridized carbons (Fsp3) is 0.182. The van der Waals surface area contributed by atoms with Crippen molar-refractivity contribution in [3.05, 3.63) is 83.9 Å². The van der Waals surface area contributed by atoms with E-state index >= 15 is 0 Å². The predicted octanol–water partition coefficient (Wildman–Crippen LogP) is 3.69. The molecule has 31 heavy (non-hydrogen) atoms. The first-order valence-electron chi connectivity index (χ1n) is 9.51. The van der Waals surface area contributed by atoms with Crippen LogP contribution in [0.4, 0.5) is 10.1 Å². The predicted molar refractivity (Wildman–Crippen MR) is 115 cm³/mol. The number of anilines is 1. The molecule has 0 atom stereocenters. The molecule has 1 heterocycles. The van der Waals surface area contributed by atoms with E-state index in [9.17, 15) is 17.6 Å². The van der Waals surface area contributed by atoms with Crippen molar-refractivity contribution in [1.82, 2.24) is 9.88 Å². The highest BCUT2D eigenvalue weighted by atomic mass is 32.2. The van der Waals surface area contributed by atoms with Crippen LogP contribution in [0.5, 0.6) is 5.75 Å². The maximum absolute atomic E-state index is 14.0. The molecule has 0 saturated heterocycles. The number of hydrogen-bond donors (Lipinski definition) is 1. The molecule has 0 saturated carbocycles. The molecule has 9 heteroatoms. The van der Waals surface area contributed by atoms with Gasteiger partial charge < -0.3 is 9.64 Å². The number of sulfonamides is 1. The standard InChI is InChI=1S/C22H22FN3O4S/c1-3-30-20-12-13-24-14-19(20)25-31(28,29)21-11-7-5-9-17(21)22(27)26(2)15-16-8-4-6-10-18(16)23/h4-14,25H,3,15H2,1-2H3. The molecule has 0 aliphatic rings. The number of amides is 1. The van der Waals surface area contributed by atoms with E-state index in [1.807, 2.05) is 0 Å². The Bertz CT molecular complexity index is 1180. The van der Waals surface area contributed by atoms with E-state index in [-0.39, 0.29) is 22.7 Å². The molecular weight excluding hydrogens is 421 g/mol. The van der Waals surface area contributed by atoms with Crippen molar-refractivity contribution < 1.29 is 22.3 Å². The van der Waals surface area contributed by atoms with Crippen LogP contribution in [0, 0.1) is 5.82 Å². The zero-order valence-corrected chi connectivity index (χ0v) is 17.9. The first-order chi connectivity index (χ1) is 14.8. The molecule has 0 unspecified atom stereocenters. The first-order valence-corrected chi connectivity index (χ1v) is 11.0. The molecule has 1 N–H and O–H groups in total. The third-order valence-corrected chi connectivity index (χ3v) is 5.87. The van der Waals surface area contributed by atoms with E-state index in [0.29, 0.717) is 17.9 Å². The van der Waals surface area contributed by atoms with E-state index in [4.69, 9.17) is 4.74 Å². The Hall–Kier alpha value is -3.46. The van der Waals surface area contributed by atoms with E-state index in [1.54, 1.807) is 37.3 Å². The molecule has 0 aliphatic heterocycles. The third-order valence-electron chi connectivity index (χ3n) is 4.44. The van der Waals surface area contributed by atoms with Crippen molar-refractivity contribution >= 4 is 21.6 Å². The number of pyridine rings is 1. The summed E-state index contributed by atoms with van der Waals surface area (Å²) in [6.07, 6.45) is 2.81. The highest BCUT2D eigenvalue weighted by Crippen LogP contribution is 2.27. The van der Waals surface area contributed by atoms with Gasteiger partial charge in [-0.1, -0.05) is 30.3 Å². The van der Waals surface area contributed by atoms with E-state index < -0.39 is 21.7 Å². The Morgan fingerprint density at radius 1 is 1.13 bits per heavy atom. The monoisotopic (exact) mass is 443 g/mol. The molecule has 3 aromatic rings. The van der Waals surface area contributed by atoms with E-state index in [1.165, 1.54) is 48.6 Å². The van der Waals surface area contributed by atoms with Crippen LogP contribution in [-0.4, -0.2) is 37.9 Å². The first kappa shape index (κ1) is 22.2. The minimum absolute atomic E-state index is 0.00951. The summed E-state index contributed by atoms with van der Waals surface area (Å²) in [5.41, 5.74) is 0.454. The number of rotatable bonds is 8. The highest BCUT2D eigenvalue weighted by Gasteiger charge is 2.25.